The Kier molecular flexibility index (Phi) is 9.19. The number of hydrogen-bond acceptors (Lipinski definition) is 7. The zero-order valence-electron chi connectivity index (χ0n) is 18.0. The maximum absolute atomic E-state index is 12.5. The van der Waals surface area contributed by atoms with E-state index in [-0.39, 0.29) is 32.6 Å². The van der Waals surface area contributed by atoms with Crippen molar-refractivity contribution in [2.45, 2.75) is 11.4 Å². The summed E-state index contributed by atoms with van der Waals surface area (Å²) in [6.45, 7) is -0.576. The van der Waals surface area contributed by atoms with Crippen LogP contribution in [-0.4, -0.2) is 41.4 Å². The molecule has 0 fully saturated rings. The molecular formula is C23H15Cl2F3N2O5S. The number of carbonyl (C=O) groups is 3. The molecule has 1 amide bonds. The second-order valence-electron chi connectivity index (χ2n) is 6.89. The smallest absolute Gasteiger partial charge is 0.454 e. The highest BCUT2D eigenvalue weighted by Crippen LogP contribution is 2.25. The van der Waals surface area contributed by atoms with Gasteiger partial charge in [0.2, 0.25) is 11.7 Å². The van der Waals surface area contributed by atoms with Gasteiger partial charge in [-0.05, 0) is 54.6 Å². The second kappa shape index (κ2) is 12.1. The number of rotatable bonds is 9. The number of thioether (sulfide) groups is 1. The number of amides is 1. The fraction of sp³-hybridized carbons (Fsp3) is 0.130. The fourth-order valence-corrected chi connectivity index (χ4v) is 4.03. The Balaban J connectivity index is 1.55. The lowest BCUT2D eigenvalue weighted by Gasteiger charge is -2.10. The summed E-state index contributed by atoms with van der Waals surface area (Å²) in [6, 6.07) is 11.8. The standard InChI is InChI=1S/C23H15Cl2F3N2O5S/c24-13-3-8-16(18(25)10-13)19(31)11-34-22(33)17-2-1-9-29-21(17)36-12-20(32)30-14-4-6-15(7-5-14)35-23(26,27)28/h1-10H,11-12H2,(H,30,32). The van der Waals surface area contributed by atoms with E-state index in [1.165, 1.54) is 48.7 Å². The Labute approximate surface area is 216 Å². The predicted octanol–water partition coefficient (Wildman–Crippen LogP) is 6.06. The van der Waals surface area contributed by atoms with E-state index in [0.29, 0.717) is 5.02 Å². The van der Waals surface area contributed by atoms with Gasteiger partial charge in [0.25, 0.3) is 0 Å². The van der Waals surface area contributed by atoms with Gasteiger partial charge in [-0.1, -0.05) is 35.0 Å². The number of carbonyl (C=O) groups excluding carboxylic acids is 3. The Morgan fingerprint density at radius 2 is 1.72 bits per heavy atom. The number of ketones is 1. The van der Waals surface area contributed by atoms with E-state index in [4.69, 9.17) is 27.9 Å². The Morgan fingerprint density at radius 1 is 1.00 bits per heavy atom. The summed E-state index contributed by atoms with van der Waals surface area (Å²) in [7, 11) is 0. The van der Waals surface area contributed by atoms with Crippen molar-refractivity contribution in [3.63, 3.8) is 0 Å². The Hall–Kier alpha value is -3.28. The molecule has 1 heterocycles. The maximum atomic E-state index is 12.5. The van der Waals surface area contributed by atoms with Crippen LogP contribution in [0.5, 0.6) is 5.75 Å². The van der Waals surface area contributed by atoms with E-state index in [2.05, 4.69) is 15.0 Å². The molecule has 0 bridgehead atoms. The van der Waals surface area contributed by atoms with Crippen LogP contribution in [0.2, 0.25) is 10.0 Å². The maximum Gasteiger partial charge on any atom is 0.573 e. The first-order chi connectivity index (χ1) is 17.0. The van der Waals surface area contributed by atoms with Crippen molar-refractivity contribution in [3.05, 3.63) is 82.0 Å². The average molecular weight is 559 g/mol. The largest absolute Gasteiger partial charge is 0.573 e. The highest BCUT2D eigenvalue weighted by molar-refractivity contribution is 8.00. The predicted molar refractivity (Wildman–Crippen MR) is 128 cm³/mol. The van der Waals surface area contributed by atoms with Gasteiger partial charge in [0, 0.05) is 22.5 Å². The SMILES string of the molecule is O=C(CSc1ncccc1C(=O)OCC(=O)c1ccc(Cl)cc1Cl)Nc1ccc(OC(F)(F)F)cc1. The zero-order valence-corrected chi connectivity index (χ0v) is 20.3. The summed E-state index contributed by atoms with van der Waals surface area (Å²) in [4.78, 5) is 41.2. The molecule has 0 aliphatic carbocycles. The molecule has 7 nitrogen and oxygen atoms in total. The van der Waals surface area contributed by atoms with Gasteiger partial charge in [-0.25, -0.2) is 9.78 Å². The van der Waals surface area contributed by atoms with Crippen LogP contribution in [0, 0.1) is 0 Å². The first-order valence-corrected chi connectivity index (χ1v) is 11.6. The number of nitrogens with one attached hydrogen (secondary N) is 1. The number of halogens is 5. The molecule has 36 heavy (non-hydrogen) atoms. The summed E-state index contributed by atoms with van der Waals surface area (Å²) in [5, 5.41) is 3.16. The van der Waals surface area contributed by atoms with E-state index in [1.54, 1.807) is 0 Å². The lowest BCUT2D eigenvalue weighted by Crippen LogP contribution is -2.17. The lowest BCUT2D eigenvalue weighted by atomic mass is 10.1. The van der Waals surface area contributed by atoms with Crippen molar-refractivity contribution in [1.29, 1.82) is 0 Å². The summed E-state index contributed by atoms with van der Waals surface area (Å²) in [6.07, 6.45) is -3.41. The molecule has 0 atom stereocenters. The third kappa shape index (κ3) is 8.14. The molecule has 1 aromatic heterocycles. The topological polar surface area (TPSA) is 94.6 Å². The molecule has 3 rings (SSSR count). The molecule has 1 N–H and O–H groups in total. The lowest BCUT2D eigenvalue weighted by molar-refractivity contribution is -0.274. The average Bonchev–Trinajstić information content (AvgIpc) is 2.81. The molecule has 0 unspecified atom stereocenters. The van der Waals surface area contributed by atoms with Gasteiger partial charge in [-0.2, -0.15) is 0 Å². The minimum absolute atomic E-state index is 0.0407. The van der Waals surface area contributed by atoms with Crippen molar-refractivity contribution in [3.8, 4) is 5.75 Å². The number of Topliss-reactive ketones (excluding diaryl/α,β-unsaturated/α-hetero) is 1. The van der Waals surface area contributed by atoms with Crippen molar-refractivity contribution < 1.29 is 37.0 Å². The van der Waals surface area contributed by atoms with Crippen molar-refractivity contribution >= 4 is 58.3 Å². The molecule has 0 radical (unpaired) electrons. The van der Waals surface area contributed by atoms with E-state index in [9.17, 15) is 27.6 Å². The van der Waals surface area contributed by atoms with E-state index in [0.717, 1.165) is 23.9 Å². The molecule has 2 aromatic carbocycles. The van der Waals surface area contributed by atoms with Gasteiger partial charge >= 0.3 is 12.3 Å². The number of aromatic nitrogens is 1. The molecule has 0 aliphatic heterocycles. The van der Waals surface area contributed by atoms with Crippen LogP contribution in [0.3, 0.4) is 0 Å². The van der Waals surface area contributed by atoms with Crippen molar-refractivity contribution in [1.82, 2.24) is 4.98 Å². The van der Waals surface area contributed by atoms with Crippen LogP contribution in [0.15, 0.2) is 65.8 Å². The van der Waals surface area contributed by atoms with Crippen molar-refractivity contribution in [2.24, 2.45) is 0 Å². The molecule has 3 aromatic rings. The number of esters is 1. The highest BCUT2D eigenvalue weighted by atomic mass is 35.5. The number of ether oxygens (including phenoxy) is 2. The molecule has 0 saturated heterocycles. The van der Waals surface area contributed by atoms with Crippen LogP contribution in [0.1, 0.15) is 20.7 Å². The number of pyridine rings is 1. The van der Waals surface area contributed by atoms with E-state index in [1.807, 2.05) is 0 Å². The number of alkyl halides is 3. The third-order valence-corrected chi connectivity index (χ3v) is 5.82. The number of benzene rings is 2. The molecule has 0 spiro atoms. The molecule has 0 aliphatic rings. The Morgan fingerprint density at radius 3 is 2.39 bits per heavy atom. The van der Waals surface area contributed by atoms with Gasteiger partial charge in [0.05, 0.1) is 16.3 Å². The minimum Gasteiger partial charge on any atom is -0.454 e. The van der Waals surface area contributed by atoms with Crippen LogP contribution in [-0.2, 0) is 9.53 Å². The quantitative estimate of drug-likeness (QED) is 0.194. The van der Waals surface area contributed by atoms with Crippen LogP contribution >= 0.6 is 35.0 Å². The van der Waals surface area contributed by atoms with Gasteiger partial charge in [-0.3, -0.25) is 9.59 Å². The first-order valence-electron chi connectivity index (χ1n) is 9.90. The zero-order chi connectivity index (χ0) is 26.3. The monoisotopic (exact) mass is 558 g/mol. The summed E-state index contributed by atoms with van der Waals surface area (Å²) >= 11 is 12.7. The van der Waals surface area contributed by atoms with Crippen LogP contribution in [0.25, 0.3) is 0 Å². The van der Waals surface area contributed by atoms with Gasteiger partial charge in [0.1, 0.15) is 10.8 Å². The molecule has 13 heteroatoms. The second-order valence-corrected chi connectivity index (χ2v) is 8.70. The normalized spacial score (nSPS) is 11.0. The number of hydrogen-bond donors (Lipinski definition) is 1. The fourth-order valence-electron chi connectivity index (χ4n) is 2.73. The number of nitrogens with zero attached hydrogens (tertiary/aromatic N) is 1. The third-order valence-electron chi connectivity index (χ3n) is 4.27. The van der Waals surface area contributed by atoms with Crippen molar-refractivity contribution in [2.75, 3.05) is 17.7 Å². The van der Waals surface area contributed by atoms with Crippen LogP contribution < -0.4 is 10.1 Å². The first kappa shape index (κ1) is 27.3. The highest BCUT2D eigenvalue weighted by Gasteiger charge is 2.31. The summed E-state index contributed by atoms with van der Waals surface area (Å²) < 4.78 is 45.6. The van der Waals surface area contributed by atoms with Gasteiger partial charge in [-0.15, -0.1) is 13.2 Å². The van der Waals surface area contributed by atoms with Crippen LogP contribution in [0.4, 0.5) is 18.9 Å². The van der Waals surface area contributed by atoms with E-state index >= 15 is 0 Å². The van der Waals surface area contributed by atoms with Gasteiger partial charge in [0.15, 0.2) is 6.61 Å². The Bertz CT molecular complexity index is 1270. The molecule has 188 valence electrons. The van der Waals surface area contributed by atoms with E-state index < -0.39 is 36.4 Å². The molecular weight excluding hydrogens is 544 g/mol. The number of anilines is 1. The molecule has 0 saturated carbocycles. The summed E-state index contributed by atoms with van der Waals surface area (Å²) in [5.74, 6) is -2.46. The van der Waals surface area contributed by atoms with Gasteiger partial charge < -0.3 is 14.8 Å². The minimum atomic E-state index is -4.82. The summed E-state index contributed by atoms with van der Waals surface area (Å²) in [5.41, 5.74) is 0.429.